The second kappa shape index (κ2) is 6.12. The number of nitrogens with zero attached hydrogens (tertiary/aromatic N) is 1. The molecule has 0 unspecified atom stereocenters. The first kappa shape index (κ1) is 14.1. The van der Waals surface area contributed by atoms with Gasteiger partial charge in [-0.25, -0.2) is 4.39 Å². The minimum absolute atomic E-state index is 0.171. The molecular formula is C12H16BrFN2O. The van der Waals surface area contributed by atoms with Crippen LogP contribution in [0.15, 0.2) is 22.7 Å². The van der Waals surface area contributed by atoms with E-state index in [4.69, 9.17) is 5.73 Å². The second-order valence-electron chi connectivity index (χ2n) is 4.24. The molecule has 1 aromatic carbocycles. The zero-order valence-electron chi connectivity index (χ0n) is 9.91. The van der Waals surface area contributed by atoms with Gasteiger partial charge in [-0.2, -0.15) is 0 Å². The van der Waals surface area contributed by atoms with Crippen LogP contribution >= 0.6 is 15.9 Å². The van der Waals surface area contributed by atoms with Crippen LogP contribution in [-0.4, -0.2) is 23.4 Å². The quantitative estimate of drug-likeness (QED) is 0.907. The molecule has 0 atom stereocenters. The lowest BCUT2D eigenvalue weighted by molar-refractivity contribution is -0.119. The summed E-state index contributed by atoms with van der Waals surface area (Å²) in [6.07, 6.45) is 0. The molecule has 0 aliphatic carbocycles. The Kier molecular flexibility index (Phi) is 5.08. The molecule has 0 aliphatic rings. The van der Waals surface area contributed by atoms with Crippen molar-refractivity contribution in [1.29, 1.82) is 0 Å². The van der Waals surface area contributed by atoms with E-state index in [1.165, 1.54) is 12.1 Å². The Bertz CT molecular complexity index is 389. The van der Waals surface area contributed by atoms with Gasteiger partial charge in [-0.05, 0) is 37.6 Å². The molecule has 1 rings (SSSR count). The van der Waals surface area contributed by atoms with Crippen LogP contribution in [-0.2, 0) is 11.3 Å². The highest BCUT2D eigenvalue weighted by molar-refractivity contribution is 9.10. The van der Waals surface area contributed by atoms with Crippen LogP contribution in [0.3, 0.4) is 0 Å². The number of carbonyl (C=O) groups is 1. The van der Waals surface area contributed by atoms with Crippen molar-refractivity contribution in [3.63, 3.8) is 0 Å². The SMILES string of the molecule is CC(C)N(CC(N)=O)Cc1cc(F)cc(Br)c1. The van der Waals surface area contributed by atoms with Crippen LogP contribution in [0.5, 0.6) is 0 Å². The average Bonchev–Trinajstić information content (AvgIpc) is 2.13. The Morgan fingerprint density at radius 2 is 2.12 bits per heavy atom. The molecule has 0 radical (unpaired) electrons. The van der Waals surface area contributed by atoms with Gasteiger partial charge in [-0.1, -0.05) is 15.9 Å². The summed E-state index contributed by atoms with van der Waals surface area (Å²) >= 11 is 3.24. The summed E-state index contributed by atoms with van der Waals surface area (Å²) in [6, 6.07) is 4.86. The van der Waals surface area contributed by atoms with Gasteiger partial charge in [-0.15, -0.1) is 0 Å². The molecule has 0 saturated carbocycles. The van der Waals surface area contributed by atoms with Gasteiger partial charge in [0.05, 0.1) is 6.54 Å². The zero-order valence-corrected chi connectivity index (χ0v) is 11.5. The van der Waals surface area contributed by atoms with Crippen LogP contribution in [0, 0.1) is 5.82 Å². The van der Waals surface area contributed by atoms with Gasteiger partial charge in [0.2, 0.25) is 5.91 Å². The summed E-state index contributed by atoms with van der Waals surface area (Å²) in [5.41, 5.74) is 5.99. The highest BCUT2D eigenvalue weighted by Gasteiger charge is 2.13. The molecule has 1 aromatic rings. The maximum absolute atomic E-state index is 13.2. The summed E-state index contributed by atoms with van der Waals surface area (Å²) in [6.45, 7) is 4.61. The fourth-order valence-corrected chi connectivity index (χ4v) is 2.07. The van der Waals surface area contributed by atoms with Crippen LogP contribution < -0.4 is 5.73 Å². The predicted molar refractivity (Wildman–Crippen MR) is 68.8 cm³/mol. The fraction of sp³-hybridized carbons (Fsp3) is 0.417. The minimum atomic E-state index is -0.380. The fourth-order valence-electron chi connectivity index (χ4n) is 1.56. The zero-order chi connectivity index (χ0) is 13.0. The summed E-state index contributed by atoms with van der Waals surface area (Å²) in [5.74, 6) is -0.675. The summed E-state index contributed by atoms with van der Waals surface area (Å²) in [4.78, 5) is 12.8. The lowest BCUT2D eigenvalue weighted by Crippen LogP contribution is -2.37. The van der Waals surface area contributed by atoms with Gasteiger partial charge in [0, 0.05) is 17.1 Å². The predicted octanol–water partition coefficient (Wildman–Crippen LogP) is 2.28. The van der Waals surface area contributed by atoms with E-state index >= 15 is 0 Å². The number of nitrogens with two attached hydrogens (primary N) is 1. The van der Waals surface area contributed by atoms with Crippen molar-refractivity contribution < 1.29 is 9.18 Å². The van der Waals surface area contributed by atoms with Crippen molar-refractivity contribution in [2.45, 2.75) is 26.4 Å². The third-order valence-corrected chi connectivity index (χ3v) is 2.86. The normalized spacial score (nSPS) is 11.2. The lowest BCUT2D eigenvalue weighted by Gasteiger charge is -2.25. The molecule has 1 amide bonds. The Balaban J connectivity index is 2.81. The molecule has 0 fully saturated rings. The number of amides is 1. The summed E-state index contributed by atoms with van der Waals surface area (Å²) < 4.78 is 13.9. The molecule has 0 saturated heterocycles. The smallest absolute Gasteiger partial charge is 0.231 e. The summed E-state index contributed by atoms with van der Waals surface area (Å²) in [5, 5.41) is 0. The second-order valence-corrected chi connectivity index (χ2v) is 5.16. The highest BCUT2D eigenvalue weighted by Crippen LogP contribution is 2.17. The number of benzene rings is 1. The van der Waals surface area contributed by atoms with Crippen molar-refractivity contribution in [2.75, 3.05) is 6.54 Å². The molecule has 0 bridgehead atoms. The highest BCUT2D eigenvalue weighted by atomic mass is 79.9. The molecule has 3 nitrogen and oxygen atoms in total. The minimum Gasteiger partial charge on any atom is -0.369 e. The van der Waals surface area contributed by atoms with Gasteiger partial charge < -0.3 is 5.73 Å². The number of hydrogen-bond donors (Lipinski definition) is 1. The van der Waals surface area contributed by atoms with E-state index in [1.54, 1.807) is 0 Å². The van der Waals surface area contributed by atoms with Crippen LogP contribution in [0.2, 0.25) is 0 Å². The van der Waals surface area contributed by atoms with E-state index in [-0.39, 0.29) is 24.3 Å². The van der Waals surface area contributed by atoms with Crippen LogP contribution in [0.4, 0.5) is 4.39 Å². The molecule has 0 heterocycles. The monoisotopic (exact) mass is 302 g/mol. The van der Waals surface area contributed by atoms with Crippen LogP contribution in [0.25, 0.3) is 0 Å². The first-order valence-corrected chi connectivity index (χ1v) is 6.15. The van der Waals surface area contributed by atoms with E-state index in [1.807, 2.05) is 24.8 Å². The number of rotatable bonds is 5. The van der Waals surface area contributed by atoms with Crippen molar-refractivity contribution in [2.24, 2.45) is 5.73 Å². The van der Waals surface area contributed by atoms with Crippen molar-refractivity contribution in [3.05, 3.63) is 34.1 Å². The molecule has 94 valence electrons. The van der Waals surface area contributed by atoms with Crippen molar-refractivity contribution >= 4 is 21.8 Å². The largest absolute Gasteiger partial charge is 0.369 e. The van der Waals surface area contributed by atoms with E-state index in [0.29, 0.717) is 11.0 Å². The van der Waals surface area contributed by atoms with Crippen molar-refractivity contribution in [3.8, 4) is 0 Å². The van der Waals surface area contributed by atoms with Gasteiger partial charge in [0.1, 0.15) is 5.82 Å². The van der Waals surface area contributed by atoms with Gasteiger partial charge in [0.15, 0.2) is 0 Å². The maximum atomic E-state index is 13.2. The van der Waals surface area contributed by atoms with Gasteiger partial charge in [0.25, 0.3) is 0 Å². The van der Waals surface area contributed by atoms with Gasteiger partial charge >= 0.3 is 0 Å². The Morgan fingerprint density at radius 3 is 2.59 bits per heavy atom. The topological polar surface area (TPSA) is 46.3 Å². The van der Waals surface area contributed by atoms with Gasteiger partial charge in [-0.3, -0.25) is 9.69 Å². The van der Waals surface area contributed by atoms with E-state index in [2.05, 4.69) is 15.9 Å². The maximum Gasteiger partial charge on any atom is 0.231 e. The van der Waals surface area contributed by atoms with E-state index < -0.39 is 0 Å². The number of primary amides is 1. The standard InChI is InChI=1S/C12H16BrFN2O/c1-8(2)16(7-12(15)17)6-9-3-10(13)5-11(14)4-9/h3-5,8H,6-7H2,1-2H3,(H2,15,17). The average molecular weight is 303 g/mol. The molecular weight excluding hydrogens is 287 g/mol. The number of carbonyl (C=O) groups excluding carboxylic acids is 1. The van der Waals surface area contributed by atoms with Crippen LogP contribution in [0.1, 0.15) is 19.4 Å². The third-order valence-electron chi connectivity index (χ3n) is 2.40. The lowest BCUT2D eigenvalue weighted by atomic mass is 10.2. The molecule has 2 N–H and O–H groups in total. The number of hydrogen-bond acceptors (Lipinski definition) is 2. The molecule has 17 heavy (non-hydrogen) atoms. The molecule has 0 spiro atoms. The first-order chi connectivity index (χ1) is 7.88. The number of halogens is 2. The molecule has 5 heteroatoms. The summed E-state index contributed by atoms with van der Waals surface area (Å²) in [7, 11) is 0. The Morgan fingerprint density at radius 1 is 1.47 bits per heavy atom. The Hall–Kier alpha value is -0.940. The first-order valence-electron chi connectivity index (χ1n) is 5.36. The molecule has 0 aromatic heterocycles. The van der Waals surface area contributed by atoms with E-state index in [9.17, 15) is 9.18 Å². The third kappa shape index (κ3) is 4.83. The van der Waals surface area contributed by atoms with Crippen molar-refractivity contribution in [1.82, 2.24) is 4.90 Å². The van der Waals surface area contributed by atoms with E-state index in [0.717, 1.165) is 5.56 Å². The Labute approximate surface area is 109 Å². The molecule has 0 aliphatic heterocycles.